The summed E-state index contributed by atoms with van der Waals surface area (Å²) in [7, 11) is 3.79. The zero-order chi connectivity index (χ0) is 20.7. The molecule has 30 heavy (non-hydrogen) atoms. The average molecular weight is 402 g/mol. The fourth-order valence-corrected chi connectivity index (χ4v) is 6.38. The lowest BCUT2D eigenvalue weighted by Gasteiger charge is -2.63. The Kier molecular flexibility index (Phi) is 3.61. The number of likely N-dealkylation sites (tertiary alicyclic amines) is 1. The molecule has 2 heterocycles. The van der Waals surface area contributed by atoms with E-state index in [4.69, 9.17) is 9.72 Å². The third-order valence-electron chi connectivity index (χ3n) is 7.95. The summed E-state index contributed by atoms with van der Waals surface area (Å²) in [6.07, 6.45) is 2.93. The van der Waals surface area contributed by atoms with E-state index in [1.807, 2.05) is 30.3 Å². The molecule has 0 radical (unpaired) electrons. The van der Waals surface area contributed by atoms with Crippen molar-refractivity contribution in [3.63, 3.8) is 0 Å². The van der Waals surface area contributed by atoms with Crippen LogP contribution >= 0.6 is 0 Å². The number of nitrogens with zero attached hydrogens (tertiary/aromatic N) is 2. The molecule has 0 saturated carbocycles. The zero-order valence-electron chi connectivity index (χ0n) is 17.4. The molecule has 1 aliphatic heterocycles. The molecule has 2 N–H and O–H groups in total. The number of likely N-dealkylation sites (N-methyl/N-ethyl adjacent to an activating group) is 1. The Labute approximate surface area is 175 Å². The molecule has 3 atom stereocenters. The number of aromatic hydroxyl groups is 1. The highest BCUT2D eigenvalue weighted by molar-refractivity contribution is 5.81. The standard InChI is InChI=1S/C25H26N2O3/c1-27-8-7-24-14-22-17(9-16-4-6-19(30-2)12-21(16)26-22)13-25(24,29)23(27)10-15-3-5-18(28)11-20(15)24/h3-6,9,11-12,23,28-29H,7-8,10,13-14H2,1-2H3/t23-,24-,25-/m1/s1. The second-order valence-corrected chi connectivity index (χ2v) is 9.30. The van der Waals surface area contributed by atoms with Crippen LogP contribution in [0.4, 0.5) is 0 Å². The number of hydrogen-bond donors (Lipinski definition) is 2. The Morgan fingerprint density at radius 1 is 1.10 bits per heavy atom. The minimum atomic E-state index is -0.879. The van der Waals surface area contributed by atoms with Gasteiger partial charge in [0.2, 0.25) is 0 Å². The smallest absolute Gasteiger partial charge is 0.121 e. The summed E-state index contributed by atoms with van der Waals surface area (Å²) >= 11 is 0. The maximum Gasteiger partial charge on any atom is 0.121 e. The monoisotopic (exact) mass is 402 g/mol. The van der Waals surface area contributed by atoms with E-state index in [0.29, 0.717) is 12.8 Å². The van der Waals surface area contributed by atoms with Crippen LogP contribution in [-0.2, 0) is 24.7 Å². The minimum absolute atomic E-state index is 0.0583. The first-order valence-corrected chi connectivity index (χ1v) is 10.7. The molecule has 2 bridgehead atoms. The van der Waals surface area contributed by atoms with Crippen molar-refractivity contribution in [2.45, 2.75) is 42.7 Å². The lowest BCUT2D eigenvalue weighted by Crippen LogP contribution is -2.73. The van der Waals surface area contributed by atoms with Gasteiger partial charge in [-0.05, 0) is 73.5 Å². The molecule has 154 valence electrons. The van der Waals surface area contributed by atoms with Crippen LogP contribution in [0.2, 0.25) is 0 Å². The predicted molar refractivity (Wildman–Crippen MR) is 115 cm³/mol. The van der Waals surface area contributed by atoms with Crippen LogP contribution in [0.15, 0.2) is 42.5 Å². The van der Waals surface area contributed by atoms with Crippen molar-refractivity contribution < 1.29 is 14.9 Å². The van der Waals surface area contributed by atoms with Crippen molar-refractivity contribution in [2.75, 3.05) is 20.7 Å². The van der Waals surface area contributed by atoms with Crippen LogP contribution in [0.5, 0.6) is 11.5 Å². The normalized spacial score (nSPS) is 29.8. The van der Waals surface area contributed by atoms with E-state index >= 15 is 0 Å². The summed E-state index contributed by atoms with van der Waals surface area (Å²) in [5, 5.41) is 23.7. The number of aromatic nitrogens is 1. The summed E-state index contributed by atoms with van der Waals surface area (Å²) in [4.78, 5) is 7.35. The lowest BCUT2D eigenvalue weighted by molar-refractivity contribution is -0.145. The van der Waals surface area contributed by atoms with Crippen LogP contribution < -0.4 is 4.74 Å². The van der Waals surface area contributed by atoms with Gasteiger partial charge in [-0.25, -0.2) is 0 Å². The fraction of sp³-hybridized carbons (Fsp3) is 0.400. The Balaban J connectivity index is 1.59. The summed E-state index contributed by atoms with van der Waals surface area (Å²) in [6, 6.07) is 13.9. The molecule has 3 aromatic rings. The highest BCUT2D eigenvalue weighted by Gasteiger charge is 2.64. The molecule has 3 aliphatic rings. The van der Waals surface area contributed by atoms with Crippen molar-refractivity contribution in [1.29, 1.82) is 0 Å². The highest BCUT2D eigenvalue weighted by atomic mass is 16.5. The van der Waals surface area contributed by atoms with Crippen molar-refractivity contribution in [3.8, 4) is 11.5 Å². The quantitative estimate of drug-likeness (QED) is 0.655. The number of aliphatic hydroxyl groups is 1. The number of piperidine rings is 1. The van der Waals surface area contributed by atoms with E-state index in [1.165, 1.54) is 5.56 Å². The molecule has 1 fully saturated rings. The third kappa shape index (κ3) is 2.22. The number of rotatable bonds is 1. The van der Waals surface area contributed by atoms with E-state index in [0.717, 1.165) is 52.9 Å². The van der Waals surface area contributed by atoms with Crippen LogP contribution in [0.1, 0.15) is 28.8 Å². The average Bonchev–Trinajstić information content (AvgIpc) is 2.73. The molecule has 0 spiro atoms. The third-order valence-corrected chi connectivity index (χ3v) is 7.95. The summed E-state index contributed by atoms with van der Waals surface area (Å²) in [5.41, 5.74) is 4.15. The van der Waals surface area contributed by atoms with Gasteiger partial charge in [-0.15, -0.1) is 0 Å². The van der Waals surface area contributed by atoms with E-state index < -0.39 is 11.0 Å². The first-order chi connectivity index (χ1) is 14.4. The van der Waals surface area contributed by atoms with Gasteiger partial charge in [-0.3, -0.25) is 4.98 Å². The van der Waals surface area contributed by atoms with Crippen LogP contribution in [-0.4, -0.2) is 52.4 Å². The lowest BCUT2D eigenvalue weighted by atomic mass is 9.49. The number of phenols is 1. The molecule has 1 aromatic heterocycles. The van der Waals surface area contributed by atoms with Gasteiger partial charge in [-0.1, -0.05) is 6.07 Å². The predicted octanol–water partition coefficient (Wildman–Crippen LogP) is 2.98. The molecular weight excluding hydrogens is 376 g/mol. The van der Waals surface area contributed by atoms with E-state index in [2.05, 4.69) is 18.0 Å². The molecular formula is C25H26N2O3. The molecule has 6 rings (SSSR count). The van der Waals surface area contributed by atoms with E-state index in [-0.39, 0.29) is 11.8 Å². The second-order valence-electron chi connectivity index (χ2n) is 9.30. The first kappa shape index (κ1) is 18.2. The number of benzene rings is 2. The van der Waals surface area contributed by atoms with Crippen molar-refractivity contribution in [3.05, 3.63) is 64.8 Å². The number of pyridine rings is 1. The topological polar surface area (TPSA) is 65.8 Å². The molecule has 5 heteroatoms. The molecule has 0 amide bonds. The number of fused-ring (bicyclic) bond motifs is 3. The molecule has 1 saturated heterocycles. The summed E-state index contributed by atoms with van der Waals surface area (Å²) in [5.74, 6) is 1.07. The zero-order valence-corrected chi connectivity index (χ0v) is 17.4. The number of methoxy groups -OCH3 is 1. The van der Waals surface area contributed by atoms with Crippen molar-refractivity contribution in [1.82, 2.24) is 9.88 Å². The van der Waals surface area contributed by atoms with E-state index in [1.54, 1.807) is 13.2 Å². The van der Waals surface area contributed by atoms with Gasteiger partial charge >= 0.3 is 0 Å². The van der Waals surface area contributed by atoms with Crippen molar-refractivity contribution >= 4 is 10.9 Å². The SMILES string of the molecule is COc1ccc2cc3c(nc2c1)C[C@]12CCN(C)[C@H](Cc4ccc(O)cc41)[C@]2(O)C3. The maximum absolute atomic E-state index is 12.3. The van der Waals surface area contributed by atoms with Gasteiger partial charge in [0.15, 0.2) is 0 Å². The summed E-state index contributed by atoms with van der Waals surface area (Å²) < 4.78 is 5.39. The molecule has 5 nitrogen and oxygen atoms in total. The maximum atomic E-state index is 12.3. The Bertz CT molecular complexity index is 1190. The largest absolute Gasteiger partial charge is 0.508 e. The Morgan fingerprint density at radius 3 is 2.80 bits per heavy atom. The first-order valence-electron chi connectivity index (χ1n) is 10.7. The second kappa shape index (κ2) is 5.96. The fourth-order valence-electron chi connectivity index (χ4n) is 6.38. The van der Waals surface area contributed by atoms with Crippen LogP contribution in [0, 0.1) is 0 Å². The number of ether oxygens (including phenoxy) is 1. The molecule has 2 aromatic carbocycles. The molecule has 2 aliphatic carbocycles. The van der Waals surface area contributed by atoms with Gasteiger partial charge < -0.3 is 19.8 Å². The number of phenolic OH excluding ortho intramolecular Hbond substituents is 1. The summed E-state index contributed by atoms with van der Waals surface area (Å²) in [6.45, 7) is 0.929. The minimum Gasteiger partial charge on any atom is -0.508 e. The van der Waals surface area contributed by atoms with Crippen LogP contribution in [0.3, 0.4) is 0 Å². The van der Waals surface area contributed by atoms with Gasteiger partial charge in [0.05, 0.1) is 18.2 Å². The molecule has 0 unspecified atom stereocenters. The van der Waals surface area contributed by atoms with Crippen LogP contribution in [0.25, 0.3) is 10.9 Å². The highest BCUT2D eigenvalue weighted by Crippen LogP contribution is 2.57. The van der Waals surface area contributed by atoms with Crippen molar-refractivity contribution in [2.24, 2.45) is 0 Å². The van der Waals surface area contributed by atoms with Gasteiger partial charge in [0.1, 0.15) is 11.5 Å². The number of hydrogen-bond acceptors (Lipinski definition) is 5. The van der Waals surface area contributed by atoms with Gasteiger partial charge in [-0.2, -0.15) is 0 Å². The van der Waals surface area contributed by atoms with E-state index in [9.17, 15) is 10.2 Å². The Hall–Kier alpha value is -2.63. The van der Waals surface area contributed by atoms with Gasteiger partial charge in [0, 0.05) is 41.4 Å². The van der Waals surface area contributed by atoms with Gasteiger partial charge in [0.25, 0.3) is 0 Å². The Morgan fingerprint density at radius 2 is 1.97 bits per heavy atom.